The molecule has 4 heteroatoms. The van der Waals surface area contributed by atoms with Crippen LogP contribution in [0.4, 0.5) is 17.1 Å². The van der Waals surface area contributed by atoms with Crippen molar-refractivity contribution in [3.8, 4) is 6.07 Å². The second-order valence-corrected chi connectivity index (χ2v) is 4.89. The molecule has 2 aromatic carbocycles. The largest absolute Gasteiger partial charge is 0.398 e. The molecule has 0 saturated heterocycles. The van der Waals surface area contributed by atoms with Crippen molar-refractivity contribution in [2.45, 2.75) is 6.92 Å². The fourth-order valence-corrected chi connectivity index (χ4v) is 2.30. The van der Waals surface area contributed by atoms with E-state index < -0.39 is 0 Å². The SMILES string of the molecule is Cc1cc2c(Nc3cccc(C#N)c3)ccc(N)c2cn1. The van der Waals surface area contributed by atoms with Crippen LogP contribution in [0.2, 0.25) is 0 Å². The number of hydrogen-bond donors (Lipinski definition) is 2. The molecule has 0 bridgehead atoms. The first-order valence-electron chi connectivity index (χ1n) is 6.59. The number of nitrogens with zero attached hydrogens (tertiary/aromatic N) is 2. The van der Waals surface area contributed by atoms with Gasteiger partial charge in [-0.05, 0) is 43.3 Å². The number of pyridine rings is 1. The van der Waals surface area contributed by atoms with Gasteiger partial charge >= 0.3 is 0 Å². The van der Waals surface area contributed by atoms with Crippen LogP contribution in [0.3, 0.4) is 0 Å². The molecule has 0 atom stereocenters. The predicted molar refractivity (Wildman–Crippen MR) is 85.3 cm³/mol. The van der Waals surface area contributed by atoms with Gasteiger partial charge in [0.25, 0.3) is 0 Å². The van der Waals surface area contributed by atoms with Gasteiger partial charge in [-0.2, -0.15) is 5.26 Å². The normalized spacial score (nSPS) is 10.3. The number of aryl methyl sites for hydroxylation is 1. The third-order valence-electron chi connectivity index (χ3n) is 3.34. The van der Waals surface area contributed by atoms with Gasteiger partial charge < -0.3 is 11.1 Å². The highest BCUT2D eigenvalue weighted by Gasteiger charge is 2.06. The summed E-state index contributed by atoms with van der Waals surface area (Å²) >= 11 is 0. The summed E-state index contributed by atoms with van der Waals surface area (Å²) in [6.45, 7) is 1.95. The first-order valence-corrected chi connectivity index (χ1v) is 6.59. The fourth-order valence-electron chi connectivity index (χ4n) is 2.30. The number of nitrogen functional groups attached to an aromatic ring is 1. The van der Waals surface area contributed by atoms with Crippen LogP contribution in [0.25, 0.3) is 10.8 Å². The van der Waals surface area contributed by atoms with Crippen LogP contribution >= 0.6 is 0 Å². The molecule has 3 N–H and O–H groups in total. The first-order chi connectivity index (χ1) is 10.2. The lowest BCUT2D eigenvalue weighted by Crippen LogP contribution is -1.96. The van der Waals surface area contributed by atoms with E-state index in [1.54, 1.807) is 12.3 Å². The van der Waals surface area contributed by atoms with Crippen molar-refractivity contribution in [1.29, 1.82) is 5.26 Å². The lowest BCUT2D eigenvalue weighted by molar-refractivity contribution is 1.22. The average Bonchev–Trinajstić information content (AvgIpc) is 2.50. The van der Waals surface area contributed by atoms with E-state index >= 15 is 0 Å². The molecular formula is C17H14N4. The highest BCUT2D eigenvalue weighted by molar-refractivity contribution is 6.01. The van der Waals surface area contributed by atoms with E-state index in [1.807, 2.05) is 43.3 Å². The molecular weight excluding hydrogens is 260 g/mol. The molecule has 1 aromatic heterocycles. The van der Waals surface area contributed by atoms with Crippen LogP contribution in [0.5, 0.6) is 0 Å². The summed E-state index contributed by atoms with van der Waals surface area (Å²) in [4.78, 5) is 4.29. The van der Waals surface area contributed by atoms with Crippen molar-refractivity contribution in [2.24, 2.45) is 0 Å². The van der Waals surface area contributed by atoms with Crippen LogP contribution < -0.4 is 11.1 Å². The summed E-state index contributed by atoms with van der Waals surface area (Å²) in [5.74, 6) is 0. The van der Waals surface area contributed by atoms with Crippen LogP contribution in [0.1, 0.15) is 11.3 Å². The molecule has 0 radical (unpaired) electrons. The van der Waals surface area contributed by atoms with Crippen LogP contribution in [-0.4, -0.2) is 4.98 Å². The number of fused-ring (bicyclic) bond motifs is 1. The number of nitrogens with two attached hydrogens (primary N) is 1. The number of nitrogens with one attached hydrogen (secondary N) is 1. The Kier molecular flexibility index (Phi) is 3.17. The summed E-state index contributed by atoms with van der Waals surface area (Å²) in [6, 6.07) is 15.3. The summed E-state index contributed by atoms with van der Waals surface area (Å²) in [5.41, 5.74) is 10.1. The van der Waals surface area contributed by atoms with Crippen molar-refractivity contribution in [2.75, 3.05) is 11.1 Å². The third-order valence-corrected chi connectivity index (χ3v) is 3.34. The minimum atomic E-state index is 0.623. The molecule has 1 heterocycles. The first kappa shape index (κ1) is 12.9. The summed E-state index contributed by atoms with van der Waals surface area (Å²) in [6.07, 6.45) is 1.79. The van der Waals surface area contributed by atoms with Gasteiger partial charge in [0, 0.05) is 39.7 Å². The summed E-state index contributed by atoms with van der Waals surface area (Å²) < 4.78 is 0. The van der Waals surface area contributed by atoms with E-state index in [2.05, 4.69) is 16.4 Å². The Morgan fingerprint density at radius 2 is 2.00 bits per heavy atom. The standard InChI is InChI=1S/C17H14N4/c1-11-7-14-15(10-20-11)16(19)5-6-17(14)21-13-4-2-3-12(8-13)9-18/h2-8,10,21H,19H2,1H3. The monoisotopic (exact) mass is 274 g/mol. The highest BCUT2D eigenvalue weighted by atomic mass is 14.9. The Morgan fingerprint density at radius 3 is 2.81 bits per heavy atom. The molecule has 4 nitrogen and oxygen atoms in total. The molecule has 0 spiro atoms. The zero-order chi connectivity index (χ0) is 14.8. The number of rotatable bonds is 2. The maximum Gasteiger partial charge on any atom is 0.0992 e. The van der Waals surface area contributed by atoms with E-state index in [4.69, 9.17) is 11.0 Å². The van der Waals surface area contributed by atoms with E-state index in [1.165, 1.54) is 0 Å². The van der Waals surface area contributed by atoms with Crippen molar-refractivity contribution in [3.05, 3.63) is 59.9 Å². The smallest absolute Gasteiger partial charge is 0.0992 e. The van der Waals surface area contributed by atoms with Gasteiger partial charge in [0.05, 0.1) is 11.6 Å². The lowest BCUT2D eigenvalue weighted by atomic mass is 10.1. The lowest BCUT2D eigenvalue weighted by Gasteiger charge is -2.12. The molecule has 102 valence electrons. The zero-order valence-electron chi connectivity index (χ0n) is 11.6. The minimum absolute atomic E-state index is 0.623. The number of anilines is 3. The van der Waals surface area contributed by atoms with E-state index in [0.29, 0.717) is 11.3 Å². The topological polar surface area (TPSA) is 74.7 Å². The quantitative estimate of drug-likeness (QED) is 0.698. The average molecular weight is 274 g/mol. The van der Waals surface area contributed by atoms with Gasteiger partial charge in [-0.15, -0.1) is 0 Å². The third kappa shape index (κ3) is 2.49. The number of nitriles is 1. The Labute approximate surface area is 122 Å². The molecule has 0 fully saturated rings. The molecule has 0 aliphatic heterocycles. The zero-order valence-corrected chi connectivity index (χ0v) is 11.6. The van der Waals surface area contributed by atoms with Gasteiger partial charge in [0.1, 0.15) is 0 Å². The molecule has 3 aromatic rings. The Bertz CT molecular complexity index is 862. The molecule has 21 heavy (non-hydrogen) atoms. The van der Waals surface area contributed by atoms with Gasteiger partial charge in [-0.1, -0.05) is 6.07 Å². The second kappa shape index (κ2) is 5.14. The fraction of sp³-hybridized carbons (Fsp3) is 0.0588. The molecule has 0 amide bonds. The van der Waals surface area contributed by atoms with Crippen LogP contribution in [0, 0.1) is 18.3 Å². The van der Waals surface area contributed by atoms with E-state index in [9.17, 15) is 0 Å². The molecule has 0 aliphatic carbocycles. The Balaban J connectivity index is 2.10. The molecule has 0 aliphatic rings. The Morgan fingerprint density at radius 1 is 1.14 bits per heavy atom. The van der Waals surface area contributed by atoms with Gasteiger partial charge in [-0.3, -0.25) is 4.98 Å². The summed E-state index contributed by atoms with van der Waals surface area (Å²) in [7, 11) is 0. The van der Waals surface area contributed by atoms with Gasteiger partial charge in [0.15, 0.2) is 0 Å². The van der Waals surface area contributed by atoms with E-state index in [-0.39, 0.29) is 0 Å². The number of hydrogen-bond acceptors (Lipinski definition) is 4. The second-order valence-electron chi connectivity index (χ2n) is 4.89. The van der Waals surface area contributed by atoms with Crippen molar-refractivity contribution < 1.29 is 0 Å². The van der Waals surface area contributed by atoms with Gasteiger partial charge in [-0.25, -0.2) is 0 Å². The van der Waals surface area contributed by atoms with Crippen molar-refractivity contribution >= 4 is 27.8 Å². The van der Waals surface area contributed by atoms with Crippen molar-refractivity contribution in [1.82, 2.24) is 4.98 Å². The molecule has 3 rings (SSSR count). The highest BCUT2D eigenvalue weighted by Crippen LogP contribution is 2.30. The predicted octanol–water partition coefficient (Wildman–Crippen LogP) is 3.74. The van der Waals surface area contributed by atoms with E-state index in [0.717, 1.165) is 27.8 Å². The molecule has 0 saturated carbocycles. The molecule has 0 unspecified atom stereocenters. The van der Waals surface area contributed by atoms with Gasteiger partial charge in [0.2, 0.25) is 0 Å². The van der Waals surface area contributed by atoms with Crippen LogP contribution in [-0.2, 0) is 0 Å². The maximum absolute atomic E-state index is 8.97. The number of benzene rings is 2. The number of aromatic nitrogens is 1. The van der Waals surface area contributed by atoms with Crippen molar-refractivity contribution in [3.63, 3.8) is 0 Å². The maximum atomic E-state index is 8.97. The summed E-state index contributed by atoms with van der Waals surface area (Å²) in [5, 5.41) is 14.2. The van der Waals surface area contributed by atoms with Crippen LogP contribution in [0.15, 0.2) is 48.7 Å². The minimum Gasteiger partial charge on any atom is -0.398 e. The Hall–Kier alpha value is -3.06.